The molecule has 4 N–H and O–H groups in total. The molecule has 0 bridgehead atoms. The zero-order chi connectivity index (χ0) is 25.1. The number of methoxy groups -OCH3 is 2. The summed E-state index contributed by atoms with van der Waals surface area (Å²) in [5.41, 5.74) is 0.970. The van der Waals surface area contributed by atoms with Crippen LogP contribution in [0.2, 0.25) is 0 Å². The highest BCUT2D eigenvalue weighted by Gasteiger charge is 2.43. The molecule has 2 rings (SSSR count). The molecule has 0 spiro atoms. The summed E-state index contributed by atoms with van der Waals surface area (Å²) in [5.74, 6) is -1.75. The highest BCUT2D eigenvalue weighted by atomic mass is 16.7. The van der Waals surface area contributed by atoms with Crippen LogP contribution in [0.5, 0.6) is 0 Å². The molecule has 186 valence electrons. The Hall–Kier alpha value is -3.05. The van der Waals surface area contributed by atoms with Gasteiger partial charge >= 0.3 is 5.97 Å². The fraction of sp³-hybridized carbons (Fsp3) is 0.458. The van der Waals surface area contributed by atoms with Gasteiger partial charge in [0.25, 0.3) is 0 Å². The lowest BCUT2D eigenvalue weighted by molar-refractivity contribution is -0.252. The van der Waals surface area contributed by atoms with E-state index in [0.29, 0.717) is 0 Å². The van der Waals surface area contributed by atoms with Crippen molar-refractivity contribution in [3.63, 3.8) is 0 Å². The van der Waals surface area contributed by atoms with Crippen LogP contribution in [0.15, 0.2) is 48.6 Å². The molecule has 1 aromatic rings. The third kappa shape index (κ3) is 8.07. The van der Waals surface area contributed by atoms with Crippen molar-refractivity contribution in [2.24, 2.45) is 0 Å². The first-order chi connectivity index (χ1) is 16.3. The quantitative estimate of drug-likeness (QED) is 0.214. The maximum atomic E-state index is 12.5. The Bertz CT molecular complexity index is 871. The van der Waals surface area contributed by atoms with Crippen molar-refractivity contribution in [2.45, 2.75) is 56.5 Å². The lowest BCUT2D eigenvalue weighted by Gasteiger charge is -2.41. The number of aliphatic hydroxyl groups excluding tert-OH is 2. The van der Waals surface area contributed by atoms with Crippen LogP contribution in [0.25, 0.3) is 6.08 Å². The van der Waals surface area contributed by atoms with Crippen LogP contribution < -0.4 is 10.6 Å². The normalized spacial score (nSPS) is 25.7. The molecule has 2 amide bonds. The minimum Gasteiger partial charge on any atom is -0.467 e. The number of benzene rings is 1. The van der Waals surface area contributed by atoms with Gasteiger partial charge in [-0.3, -0.25) is 9.59 Å². The molecule has 0 saturated carbocycles. The first kappa shape index (κ1) is 27.2. The second-order valence-electron chi connectivity index (χ2n) is 7.77. The number of allylic oxidation sites excluding steroid dienone is 2. The fourth-order valence-corrected chi connectivity index (χ4v) is 3.40. The monoisotopic (exact) mass is 476 g/mol. The van der Waals surface area contributed by atoms with Crippen LogP contribution in [0, 0.1) is 0 Å². The van der Waals surface area contributed by atoms with E-state index in [4.69, 9.17) is 14.2 Å². The topological polar surface area (TPSA) is 143 Å². The number of carbonyl (C=O) groups is 3. The van der Waals surface area contributed by atoms with Crippen LogP contribution in [0.3, 0.4) is 0 Å². The van der Waals surface area contributed by atoms with Crippen molar-refractivity contribution in [3.05, 3.63) is 54.1 Å². The van der Waals surface area contributed by atoms with E-state index in [2.05, 4.69) is 10.6 Å². The number of hydrogen-bond acceptors (Lipinski definition) is 8. The Morgan fingerprint density at radius 3 is 2.47 bits per heavy atom. The van der Waals surface area contributed by atoms with Crippen molar-refractivity contribution in [2.75, 3.05) is 14.2 Å². The van der Waals surface area contributed by atoms with Crippen molar-refractivity contribution in [1.82, 2.24) is 10.6 Å². The molecule has 6 atom stereocenters. The van der Waals surface area contributed by atoms with E-state index in [1.54, 1.807) is 13.0 Å². The van der Waals surface area contributed by atoms with E-state index in [9.17, 15) is 24.6 Å². The molecule has 10 heteroatoms. The molecule has 0 radical (unpaired) electrons. The van der Waals surface area contributed by atoms with Gasteiger partial charge in [0, 0.05) is 19.6 Å². The fourth-order valence-electron chi connectivity index (χ4n) is 3.40. The molecular formula is C24H32N2O8. The summed E-state index contributed by atoms with van der Waals surface area (Å²) in [6.07, 6.45) is 1.95. The zero-order valence-corrected chi connectivity index (χ0v) is 19.4. The van der Waals surface area contributed by atoms with Crippen LogP contribution in [0.1, 0.15) is 25.3 Å². The van der Waals surface area contributed by atoms with Gasteiger partial charge in [0.05, 0.1) is 13.2 Å². The highest BCUT2D eigenvalue weighted by Crippen LogP contribution is 2.21. The molecule has 0 aromatic heterocycles. The van der Waals surface area contributed by atoms with Gasteiger partial charge < -0.3 is 35.1 Å². The highest BCUT2D eigenvalue weighted by molar-refractivity contribution is 5.92. The molecule has 34 heavy (non-hydrogen) atoms. The van der Waals surface area contributed by atoms with Gasteiger partial charge in [-0.1, -0.05) is 48.6 Å². The predicted octanol–water partition coefficient (Wildman–Crippen LogP) is 0.292. The molecule has 1 heterocycles. The summed E-state index contributed by atoms with van der Waals surface area (Å²) in [7, 11) is 2.54. The van der Waals surface area contributed by atoms with Crippen molar-refractivity contribution in [3.8, 4) is 0 Å². The molecule has 1 aliphatic rings. The van der Waals surface area contributed by atoms with Gasteiger partial charge in [0.2, 0.25) is 11.8 Å². The number of aliphatic hydroxyl groups is 2. The van der Waals surface area contributed by atoms with Gasteiger partial charge in [-0.15, -0.1) is 0 Å². The second-order valence-corrected chi connectivity index (χ2v) is 7.77. The lowest BCUT2D eigenvalue weighted by atomic mass is 9.97. The molecule has 6 unspecified atom stereocenters. The smallest absolute Gasteiger partial charge is 0.328 e. The minimum atomic E-state index is -1.30. The molecule has 0 aliphatic carbocycles. The summed E-state index contributed by atoms with van der Waals surface area (Å²) in [6.45, 7) is 1.58. The van der Waals surface area contributed by atoms with Gasteiger partial charge in [-0.05, 0) is 18.9 Å². The van der Waals surface area contributed by atoms with E-state index in [-0.39, 0.29) is 12.8 Å². The second kappa shape index (κ2) is 13.6. The Labute approximate surface area is 198 Å². The average Bonchev–Trinajstić information content (AvgIpc) is 2.84. The number of esters is 1. The van der Waals surface area contributed by atoms with Gasteiger partial charge in [0.15, 0.2) is 6.29 Å². The Balaban J connectivity index is 1.90. The molecule has 1 aromatic carbocycles. The first-order valence-electron chi connectivity index (χ1n) is 10.9. The van der Waals surface area contributed by atoms with Crippen LogP contribution in [-0.2, 0) is 28.6 Å². The van der Waals surface area contributed by atoms with E-state index < -0.39 is 54.5 Å². The third-order valence-electron chi connectivity index (χ3n) is 5.31. The van der Waals surface area contributed by atoms with Crippen molar-refractivity contribution in [1.29, 1.82) is 0 Å². The van der Waals surface area contributed by atoms with Crippen molar-refractivity contribution < 1.29 is 38.8 Å². The molecule has 1 aliphatic heterocycles. The Morgan fingerprint density at radius 2 is 1.82 bits per heavy atom. The van der Waals surface area contributed by atoms with E-state index in [1.807, 2.05) is 36.4 Å². The lowest BCUT2D eigenvalue weighted by Crippen LogP contribution is -2.63. The minimum absolute atomic E-state index is 0.0434. The number of ether oxygens (including phenoxy) is 3. The largest absolute Gasteiger partial charge is 0.467 e. The maximum absolute atomic E-state index is 12.5. The maximum Gasteiger partial charge on any atom is 0.328 e. The van der Waals surface area contributed by atoms with E-state index in [0.717, 1.165) is 5.56 Å². The Kier molecular flexibility index (Phi) is 10.9. The molecular weight excluding hydrogens is 444 g/mol. The van der Waals surface area contributed by atoms with Crippen molar-refractivity contribution >= 4 is 23.9 Å². The summed E-state index contributed by atoms with van der Waals surface area (Å²) in [5, 5.41) is 25.4. The first-order valence-corrected chi connectivity index (χ1v) is 10.9. The van der Waals surface area contributed by atoms with Gasteiger partial charge in [-0.2, -0.15) is 0 Å². The number of amides is 2. The van der Waals surface area contributed by atoms with Gasteiger partial charge in [0.1, 0.15) is 24.3 Å². The van der Waals surface area contributed by atoms with Crippen LogP contribution >= 0.6 is 0 Å². The van der Waals surface area contributed by atoms with Crippen LogP contribution in [0.4, 0.5) is 0 Å². The summed E-state index contributed by atoms with van der Waals surface area (Å²) < 4.78 is 15.3. The predicted molar refractivity (Wildman–Crippen MR) is 123 cm³/mol. The summed E-state index contributed by atoms with van der Waals surface area (Å²) in [4.78, 5) is 36.7. The van der Waals surface area contributed by atoms with Gasteiger partial charge in [-0.25, -0.2) is 4.79 Å². The zero-order valence-electron chi connectivity index (χ0n) is 19.4. The summed E-state index contributed by atoms with van der Waals surface area (Å²) >= 11 is 0. The Morgan fingerprint density at radius 1 is 1.12 bits per heavy atom. The number of rotatable bonds is 10. The number of hydrogen-bond donors (Lipinski definition) is 4. The SMILES string of the molecule is COC(=O)C(CCC(=O)NC1C(OC)OC(C)C(O)C1O)NC(=O)/C=C/C=C/c1ccccc1. The molecule has 10 nitrogen and oxygen atoms in total. The van der Waals surface area contributed by atoms with E-state index in [1.165, 1.54) is 26.4 Å². The molecule has 1 saturated heterocycles. The average molecular weight is 477 g/mol. The standard InChI is InChI=1S/C24H32N2O8/c1-15-21(29)22(30)20(24(33-3)34-15)26-19(28)14-13-17(23(31)32-2)25-18(27)12-8-7-11-16-9-5-4-6-10-16/h4-12,15,17,20-22,24,29-30H,13-14H2,1-3H3,(H,25,27)(H,26,28)/b11-7+,12-8+. The van der Waals surface area contributed by atoms with Crippen LogP contribution in [-0.4, -0.2) is 78.9 Å². The number of nitrogens with one attached hydrogen (secondary N) is 2. The summed E-state index contributed by atoms with van der Waals surface area (Å²) in [6, 6.07) is 7.46. The van der Waals surface area contributed by atoms with E-state index >= 15 is 0 Å². The third-order valence-corrected chi connectivity index (χ3v) is 5.31. The number of carbonyl (C=O) groups excluding carboxylic acids is 3. The molecule has 1 fully saturated rings.